The van der Waals surface area contributed by atoms with Crippen LogP contribution < -0.4 is 5.32 Å². The summed E-state index contributed by atoms with van der Waals surface area (Å²) in [5.74, 6) is 0.377. The predicted molar refractivity (Wildman–Crippen MR) is 80.9 cm³/mol. The van der Waals surface area contributed by atoms with Crippen molar-refractivity contribution in [3.8, 4) is 0 Å². The van der Waals surface area contributed by atoms with E-state index in [1.54, 1.807) is 0 Å². The molecule has 0 bridgehead atoms. The number of rotatable bonds is 9. The molecule has 1 amide bonds. The van der Waals surface area contributed by atoms with Gasteiger partial charge in [0.15, 0.2) is 0 Å². The zero-order chi connectivity index (χ0) is 13.9. The van der Waals surface area contributed by atoms with Crippen molar-refractivity contribution in [1.82, 2.24) is 5.32 Å². The van der Waals surface area contributed by atoms with E-state index in [2.05, 4.69) is 12.2 Å². The van der Waals surface area contributed by atoms with Crippen LogP contribution in [0, 0.1) is 0 Å². The van der Waals surface area contributed by atoms with Crippen LogP contribution in [0.2, 0.25) is 5.02 Å². The number of carbonyl (C=O) groups is 1. The molecule has 0 aliphatic carbocycles. The summed E-state index contributed by atoms with van der Waals surface area (Å²) in [6, 6.07) is 7.52. The Morgan fingerprint density at radius 3 is 2.89 bits per heavy atom. The molecule has 106 valence electrons. The largest absolute Gasteiger partial charge is 0.380 e. The summed E-state index contributed by atoms with van der Waals surface area (Å²) in [7, 11) is 0. The molecule has 0 radical (unpaired) electrons. The highest BCUT2D eigenvalue weighted by molar-refractivity contribution is 8.00. The van der Waals surface area contributed by atoms with E-state index in [-0.39, 0.29) is 5.91 Å². The molecule has 1 aromatic carbocycles. The second kappa shape index (κ2) is 10.1. The lowest BCUT2D eigenvalue weighted by molar-refractivity contribution is -0.118. The van der Waals surface area contributed by atoms with E-state index < -0.39 is 0 Å². The third-order valence-electron chi connectivity index (χ3n) is 2.41. The molecule has 0 aromatic heterocycles. The zero-order valence-electron chi connectivity index (χ0n) is 11.2. The van der Waals surface area contributed by atoms with Crippen molar-refractivity contribution < 1.29 is 9.53 Å². The quantitative estimate of drug-likeness (QED) is 0.561. The average Bonchev–Trinajstić information content (AvgIpc) is 2.42. The van der Waals surface area contributed by atoms with Gasteiger partial charge in [0.1, 0.15) is 0 Å². The molecule has 1 aromatic rings. The Morgan fingerprint density at radius 2 is 2.16 bits per heavy atom. The molecule has 0 saturated carbocycles. The summed E-state index contributed by atoms with van der Waals surface area (Å²) in [5, 5.41) is 3.50. The highest BCUT2D eigenvalue weighted by atomic mass is 35.5. The van der Waals surface area contributed by atoms with Crippen LogP contribution in [0.15, 0.2) is 29.2 Å². The summed E-state index contributed by atoms with van der Waals surface area (Å²) in [5.41, 5.74) is 0. The standard InChI is InChI=1S/C14H20ClNO2S/c1-2-3-9-18-10-8-16-14(17)11-19-13-7-5-4-6-12(13)15/h4-7H,2-3,8-11H2,1H3,(H,16,17). The normalized spacial score (nSPS) is 10.4. The lowest BCUT2D eigenvalue weighted by atomic mass is 10.4. The minimum absolute atomic E-state index is 0.00371. The van der Waals surface area contributed by atoms with Gasteiger partial charge in [-0.25, -0.2) is 0 Å². The molecule has 5 heteroatoms. The van der Waals surface area contributed by atoms with E-state index in [9.17, 15) is 4.79 Å². The molecule has 1 N–H and O–H groups in total. The first-order valence-electron chi connectivity index (χ1n) is 6.45. The second-order valence-corrected chi connectivity index (χ2v) is 5.46. The molecular formula is C14H20ClNO2S. The highest BCUT2D eigenvalue weighted by Crippen LogP contribution is 2.26. The van der Waals surface area contributed by atoms with Crippen molar-refractivity contribution in [1.29, 1.82) is 0 Å². The molecule has 1 rings (SSSR count). The highest BCUT2D eigenvalue weighted by Gasteiger charge is 2.04. The number of halogens is 1. The van der Waals surface area contributed by atoms with Crippen LogP contribution >= 0.6 is 23.4 Å². The van der Waals surface area contributed by atoms with Crippen LogP contribution in [0.1, 0.15) is 19.8 Å². The van der Waals surface area contributed by atoms with Crippen molar-refractivity contribution in [2.24, 2.45) is 0 Å². The number of hydrogen-bond acceptors (Lipinski definition) is 3. The first-order chi connectivity index (χ1) is 9.24. The lowest BCUT2D eigenvalue weighted by Gasteiger charge is -2.06. The van der Waals surface area contributed by atoms with Crippen LogP contribution in [0.4, 0.5) is 0 Å². The van der Waals surface area contributed by atoms with Crippen LogP contribution in [0.3, 0.4) is 0 Å². The Labute approximate surface area is 124 Å². The summed E-state index contributed by atoms with van der Waals surface area (Å²) >= 11 is 7.45. The van der Waals surface area contributed by atoms with E-state index in [4.69, 9.17) is 16.3 Å². The number of thioether (sulfide) groups is 1. The summed E-state index contributed by atoms with van der Waals surface area (Å²) in [6.07, 6.45) is 2.19. The van der Waals surface area contributed by atoms with Crippen LogP contribution in [-0.2, 0) is 9.53 Å². The second-order valence-electron chi connectivity index (χ2n) is 4.03. The Hall–Kier alpha value is -0.710. The minimum atomic E-state index is 0.00371. The zero-order valence-corrected chi connectivity index (χ0v) is 12.7. The SMILES string of the molecule is CCCCOCCNC(=O)CSc1ccccc1Cl. The molecule has 0 fully saturated rings. The Balaban J connectivity index is 2.10. The van der Waals surface area contributed by atoms with Gasteiger partial charge in [0.2, 0.25) is 5.91 Å². The van der Waals surface area contributed by atoms with Gasteiger partial charge < -0.3 is 10.1 Å². The number of nitrogens with one attached hydrogen (secondary N) is 1. The Morgan fingerprint density at radius 1 is 1.37 bits per heavy atom. The predicted octanol–water partition coefficient (Wildman–Crippen LogP) is 3.37. The van der Waals surface area contributed by atoms with Gasteiger partial charge in [-0.05, 0) is 18.6 Å². The van der Waals surface area contributed by atoms with Gasteiger partial charge >= 0.3 is 0 Å². The van der Waals surface area contributed by atoms with Gasteiger partial charge in [0.25, 0.3) is 0 Å². The molecule has 0 aliphatic heterocycles. The molecule has 0 saturated heterocycles. The maximum absolute atomic E-state index is 11.6. The van der Waals surface area contributed by atoms with Crippen LogP contribution in [0.25, 0.3) is 0 Å². The fourth-order valence-corrected chi connectivity index (χ4v) is 2.44. The average molecular weight is 302 g/mol. The first kappa shape index (κ1) is 16.3. The van der Waals surface area contributed by atoms with E-state index in [1.807, 2.05) is 24.3 Å². The number of hydrogen-bond donors (Lipinski definition) is 1. The molecule has 19 heavy (non-hydrogen) atoms. The minimum Gasteiger partial charge on any atom is -0.380 e. The van der Waals surface area contributed by atoms with Crippen molar-refractivity contribution in [2.75, 3.05) is 25.5 Å². The fraction of sp³-hybridized carbons (Fsp3) is 0.500. The summed E-state index contributed by atoms with van der Waals surface area (Å²) < 4.78 is 5.36. The molecule has 0 atom stereocenters. The molecule has 3 nitrogen and oxygen atoms in total. The van der Waals surface area contributed by atoms with Gasteiger partial charge in [0.05, 0.1) is 17.4 Å². The van der Waals surface area contributed by atoms with Crippen molar-refractivity contribution in [2.45, 2.75) is 24.7 Å². The maximum Gasteiger partial charge on any atom is 0.230 e. The monoisotopic (exact) mass is 301 g/mol. The number of ether oxygens (including phenoxy) is 1. The smallest absolute Gasteiger partial charge is 0.230 e. The van der Waals surface area contributed by atoms with Crippen LogP contribution in [0.5, 0.6) is 0 Å². The molecule has 0 spiro atoms. The fourth-order valence-electron chi connectivity index (χ4n) is 1.37. The van der Waals surface area contributed by atoms with Crippen molar-refractivity contribution in [3.05, 3.63) is 29.3 Å². The first-order valence-corrected chi connectivity index (χ1v) is 7.82. The third kappa shape index (κ3) is 7.45. The van der Waals surface area contributed by atoms with Crippen molar-refractivity contribution in [3.63, 3.8) is 0 Å². The van der Waals surface area contributed by atoms with Gasteiger partial charge in [-0.1, -0.05) is 37.1 Å². The maximum atomic E-state index is 11.6. The summed E-state index contributed by atoms with van der Waals surface area (Å²) in [4.78, 5) is 12.5. The lowest BCUT2D eigenvalue weighted by Crippen LogP contribution is -2.28. The third-order valence-corrected chi connectivity index (χ3v) is 3.92. The number of benzene rings is 1. The Bertz CT molecular complexity index is 387. The summed E-state index contributed by atoms with van der Waals surface area (Å²) in [6.45, 7) is 4.02. The van der Waals surface area contributed by atoms with E-state index in [1.165, 1.54) is 11.8 Å². The Kier molecular flexibility index (Phi) is 8.71. The topological polar surface area (TPSA) is 38.3 Å². The molecule has 0 heterocycles. The number of amides is 1. The van der Waals surface area contributed by atoms with Gasteiger partial charge in [-0.3, -0.25) is 4.79 Å². The molecule has 0 unspecified atom stereocenters. The van der Waals surface area contributed by atoms with E-state index >= 15 is 0 Å². The van der Waals surface area contributed by atoms with Crippen LogP contribution in [-0.4, -0.2) is 31.4 Å². The van der Waals surface area contributed by atoms with Gasteiger partial charge in [-0.15, -0.1) is 11.8 Å². The van der Waals surface area contributed by atoms with E-state index in [0.29, 0.717) is 23.9 Å². The van der Waals surface area contributed by atoms with Gasteiger partial charge in [0, 0.05) is 18.0 Å². The molecule has 0 aliphatic rings. The number of unbranched alkanes of at least 4 members (excludes halogenated alkanes) is 1. The van der Waals surface area contributed by atoms with Crippen molar-refractivity contribution >= 4 is 29.3 Å². The molecular weight excluding hydrogens is 282 g/mol. The van der Waals surface area contributed by atoms with Gasteiger partial charge in [-0.2, -0.15) is 0 Å². The van der Waals surface area contributed by atoms with E-state index in [0.717, 1.165) is 24.3 Å². The number of carbonyl (C=O) groups excluding carboxylic acids is 1.